The summed E-state index contributed by atoms with van der Waals surface area (Å²) >= 11 is 6.13. The predicted molar refractivity (Wildman–Crippen MR) is 61.9 cm³/mol. The molecule has 0 spiro atoms. The van der Waals surface area contributed by atoms with Crippen LogP contribution in [0.2, 0.25) is 5.02 Å². The van der Waals surface area contributed by atoms with E-state index >= 15 is 0 Å². The molecule has 0 amide bonds. The first-order valence-corrected chi connectivity index (χ1v) is 5.33. The highest BCUT2D eigenvalue weighted by Gasteiger charge is 2.42. The summed E-state index contributed by atoms with van der Waals surface area (Å²) in [6, 6.07) is 4.91. The van der Waals surface area contributed by atoms with Crippen molar-refractivity contribution in [2.45, 2.75) is 12.5 Å². The van der Waals surface area contributed by atoms with Crippen LogP contribution in [0.1, 0.15) is 22.8 Å². The van der Waals surface area contributed by atoms with Crippen LogP contribution in [-0.4, -0.2) is 18.2 Å². The second-order valence-corrected chi connectivity index (χ2v) is 4.19. The largest absolute Gasteiger partial charge is 0.505 e. The van der Waals surface area contributed by atoms with E-state index in [1.807, 2.05) is 0 Å². The van der Waals surface area contributed by atoms with Gasteiger partial charge in [0.25, 0.3) is 0 Å². The van der Waals surface area contributed by atoms with Gasteiger partial charge in [0.1, 0.15) is 6.26 Å². The van der Waals surface area contributed by atoms with E-state index in [0.717, 1.165) is 0 Å². The van der Waals surface area contributed by atoms with E-state index in [1.165, 1.54) is 13.4 Å². The van der Waals surface area contributed by atoms with Gasteiger partial charge < -0.3 is 14.6 Å². The Kier molecular flexibility index (Phi) is 2.75. The number of ether oxygens (including phenoxy) is 2. The number of halogens is 1. The maximum absolute atomic E-state index is 11.5. The van der Waals surface area contributed by atoms with E-state index in [-0.39, 0.29) is 16.3 Å². The minimum atomic E-state index is -0.985. The molecule has 0 bridgehead atoms. The number of hydrogen-bond donors (Lipinski definition) is 1. The van der Waals surface area contributed by atoms with Gasteiger partial charge in [0.2, 0.25) is 0 Å². The highest BCUT2D eigenvalue weighted by molar-refractivity contribution is 6.34. The summed E-state index contributed by atoms with van der Waals surface area (Å²) in [5.74, 6) is -0.454. The lowest BCUT2D eigenvalue weighted by Gasteiger charge is -2.36. The minimum Gasteiger partial charge on any atom is -0.505 e. The molecule has 0 saturated heterocycles. The van der Waals surface area contributed by atoms with E-state index in [2.05, 4.69) is 4.74 Å². The smallest absolute Gasteiger partial charge is 0.339 e. The maximum atomic E-state index is 11.5. The summed E-state index contributed by atoms with van der Waals surface area (Å²) in [6.07, 6.45) is 1.24. The fourth-order valence-corrected chi connectivity index (χ4v) is 2.04. The molecule has 90 valence electrons. The molecule has 1 atom stereocenters. The van der Waals surface area contributed by atoms with Gasteiger partial charge in [-0.1, -0.05) is 23.7 Å². The Balaban J connectivity index is 2.51. The monoisotopic (exact) mass is 254 g/mol. The van der Waals surface area contributed by atoms with Crippen molar-refractivity contribution in [1.29, 1.82) is 0 Å². The molecule has 5 heteroatoms. The van der Waals surface area contributed by atoms with Gasteiger partial charge in [0.05, 0.1) is 17.7 Å². The zero-order chi connectivity index (χ0) is 12.6. The van der Waals surface area contributed by atoms with Gasteiger partial charge in [0.15, 0.2) is 11.4 Å². The molecule has 2 rings (SSSR count). The van der Waals surface area contributed by atoms with Crippen LogP contribution in [0.4, 0.5) is 0 Å². The molecule has 1 N–H and O–H groups in total. The van der Waals surface area contributed by atoms with Gasteiger partial charge in [-0.3, -0.25) is 0 Å². The second-order valence-electron chi connectivity index (χ2n) is 3.81. The molecule has 4 nitrogen and oxygen atoms in total. The number of carbonyl (C=O) groups is 1. The first-order valence-electron chi connectivity index (χ1n) is 4.95. The Hall–Kier alpha value is -1.68. The summed E-state index contributed by atoms with van der Waals surface area (Å²) in [6.45, 7) is 1.67. The fourth-order valence-electron chi connectivity index (χ4n) is 1.66. The van der Waals surface area contributed by atoms with Crippen LogP contribution in [0.3, 0.4) is 0 Å². The zero-order valence-corrected chi connectivity index (χ0v) is 10.1. The Morgan fingerprint density at radius 2 is 2.24 bits per heavy atom. The predicted octanol–water partition coefficient (Wildman–Crippen LogP) is 2.77. The van der Waals surface area contributed by atoms with E-state index in [4.69, 9.17) is 16.3 Å². The topological polar surface area (TPSA) is 55.8 Å². The van der Waals surface area contributed by atoms with Gasteiger partial charge in [-0.25, -0.2) is 4.79 Å². The molecule has 1 aliphatic rings. The number of aliphatic hydroxyl groups excluding tert-OH is 1. The molecule has 1 aliphatic heterocycles. The normalized spacial score (nSPS) is 22.2. The van der Waals surface area contributed by atoms with Crippen molar-refractivity contribution >= 4 is 17.6 Å². The van der Waals surface area contributed by atoms with Crippen molar-refractivity contribution < 1.29 is 19.4 Å². The van der Waals surface area contributed by atoms with Crippen LogP contribution >= 0.6 is 11.6 Å². The number of rotatable bonds is 2. The standard InChI is InChI=1S/C12H11ClO4/c1-12(9(14)6-17-12)8-5-3-4-7(10(8)13)11(15)16-2/h3-6,14H,1-2H3. The first kappa shape index (κ1) is 11.8. The Morgan fingerprint density at radius 1 is 1.53 bits per heavy atom. The molecule has 1 unspecified atom stereocenters. The lowest BCUT2D eigenvalue weighted by molar-refractivity contribution is -0.0326. The molecule has 0 aliphatic carbocycles. The number of methoxy groups -OCH3 is 1. The summed E-state index contributed by atoms with van der Waals surface area (Å²) in [5, 5.41) is 9.82. The molecular weight excluding hydrogens is 244 g/mol. The Labute approximate surface area is 103 Å². The van der Waals surface area contributed by atoms with E-state index < -0.39 is 11.6 Å². The van der Waals surface area contributed by atoms with Crippen LogP contribution in [0.25, 0.3) is 0 Å². The van der Waals surface area contributed by atoms with Crippen LogP contribution in [0, 0.1) is 0 Å². The first-order chi connectivity index (χ1) is 8.00. The fraction of sp³-hybridized carbons (Fsp3) is 0.250. The number of aliphatic hydroxyl groups is 1. The van der Waals surface area contributed by atoms with E-state index in [9.17, 15) is 9.90 Å². The van der Waals surface area contributed by atoms with Gasteiger partial charge in [0, 0.05) is 5.56 Å². The summed E-state index contributed by atoms with van der Waals surface area (Å²) in [4.78, 5) is 11.5. The highest BCUT2D eigenvalue weighted by atomic mass is 35.5. The third kappa shape index (κ3) is 1.65. The lowest BCUT2D eigenvalue weighted by Crippen LogP contribution is -2.34. The molecule has 0 aromatic heterocycles. The molecule has 17 heavy (non-hydrogen) atoms. The Morgan fingerprint density at radius 3 is 2.71 bits per heavy atom. The molecule has 1 aromatic rings. The molecule has 1 aromatic carbocycles. The van der Waals surface area contributed by atoms with Crippen LogP contribution < -0.4 is 0 Å². The third-order valence-electron chi connectivity index (χ3n) is 2.81. The van der Waals surface area contributed by atoms with Crippen molar-refractivity contribution in [2.75, 3.05) is 7.11 Å². The van der Waals surface area contributed by atoms with Crippen LogP contribution in [-0.2, 0) is 15.1 Å². The van der Waals surface area contributed by atoms with Crippen LogP contribution in [0.5, 0.6) is 0 Å². The summed E-state index contributed by atoms with van der Waals surface area (Å²) in [7, 11) is 1.28. The summed E-state index contributed by atoms with van der Waals surface area (Å²) < 4.78 is 9.84. The molecule has 0 fully saturated rings. The van der Waals surface area contributed by atoms with Gasteiger partial charge in [-0.05, 0) is 13.0 Å². The van der Waals surface area contributed by atoms with Crippen molar-refractivity contribution in [3.8, 4) is 0 Å². The highest BCUT2D eigenvalue weighted by Crippen LogP contribution is 2.43. The van der Waals surface area contributed by atoms with Crippen molar-refractivity contribution in [3.05, 3.63) is 46.4 Å². The van der Waals surface area contributed by atoms with Crippen LogP contribution in [0.15, 0.2) is 30.2 Å². The van der Waals surface area contributed by atoms with E-state index in [1.54, 1.807) is 25.1 Å². The average Bonchev–Trinajstić information content (AvgIpc) is 2.35. The summed E-state index contributed by atoms with van der Waals surface area (Å²) in [5.41, 5.74) is -0.209. The number of benzene rings is 1. The third-order valence-corrected chi connectivity index (χ3v) is 3.22. The SMILES string of the molecule is COC(=O)c1cccc(C2(C)OC=C2O)c1Cl. The van der Waals surface area contributed by atoms with Gasteiger partial charge in [-0.15, -0.1) is 0 Å². The zero-order valence-electron chi connectivity index (χ0n) is 9.36. The Bertz CT molecular complexity index is 509. The molecule has 0 radical (unpaired) electrons. The minimum absolute atomic E-state index is 0.0708. The quantitative estimate of drug-likeness (QED) is 0.825. The van der Waals surface area contributed by atoms with Gasteiger partial charge in [-0.2, -0.15) is 0 Å². The second kappa shape index (κ2) is 3.96. The number of carbonyl (C=O) groups excluding carboxylic acids is 1. The molecule has 0 saturated carbocycles. The van der Waals surface area contributed by atoms with Crippen molar-refractivity contribution in [3.63, 3.8) is 0 Å². The van der Waals surface area contributed by atoms with Crippen molar-refractivity contribution in [1.82, 2.24) is 0 Å². The van der Waals surface area contributed by atoms with Gasteiger partial charge >= 0.3 is 5.97 Å². The van der Waals surface area contributed by atoms with E-state index in [0.29, 0.717) is 5.56 Å². The molecular formula is C12H11ClO4. The number of hydrogen-bond acceptors (Lipinski definition) is 4. The lowest BCUT2D eigenvalue weighted by atomic mass is 9.90. The average molecular weight is 255 g/mol. The maximum Gasteiger partial charge on any atom is 0.339 e. The molecule has 1 heterocycles. The van der Waals surface area contributed by atoms with Crippen molar-refractivity contribution in [2.24, 2.45) is 0 Å². The number of esters is 1.